The molecule has 0 saturated carbocycles. The van der Waals surface area contributed by atoms with Gasteiger partial charge in [0, 0.05) is 44.5 Å². The van der Waals surface area contributed by atoms with Gasteiger partial charge in [0.1, 0.15) is 5.75 Å². The Hall–Kier alpha value is -2.04. The van der Waals surface area contributed by atoms with Gasteiger partial charge in [0.2, 0.25) is 0 Å². The van der Waals surface area contributed by atoms with Crippen LogP contribution in [0.5, 0.6) is 5.75 Å². The molecule has 0 bridgehead atoms. The monoisotopic (exact) mass is 352 g/mol. The van der Waals surface area contributed by atoms with Crippen molar-refractivity contribution in [3.8, 4) is 5.75 Å². The van der Waals surface area contributed by atoms with E-state index >= 15 is 0 Å². The summed E-state index contributed by atoms with van der Waals surface area (Å²) in [4.78, 5) is 4.93. The Labute approximate surface area is 156 Å². The topological polar surface area (TPSA) is 35.9 Å². The molecule has 2 aromatic rings. The molecule has 2 aromatic carbocycles. The highest BCUT2D eigenvalue weighted by Gasteiger charge is 2.39. The van der Waals surface area contributed by atoms with Crippen LogP contribution in [0, 0.1) is 0 Å². The number of hydrogen-bond donors (Lipinski definition) is 1. The van der Waals surface area contributed by atoms with Crippen LogP contribution < -0.4 is 4.90 Å². The third-order valence-electron chi connectivity index (χ3n) is 5.77. The molecule has 2 aliphatic heterocycles. The lowest BCUT2D eigenvalue weighted by Crippen LogP contribution is -2.57. The zero-order valence-electron chi connectivity index (χ0n) is 15.3. The second kappa shape index (κ2) is 7.68. The molecular formula is C22H28N2O2. The molecule has 0 atom stereocenters. The van der Waals surface area contributed by atoms with E-state index in [0.29, 0.717) is 5.75 Å². The van der Waals surface area contributed by atoms with Crippen LogP contribution >= 0.6 is 0 Å². The van der Waals surface area contributed by atoms with E-state index in [1.54, 1.807) is 6.07 Å². The first-order chi connectivity index (χ1) is 12.7. The molecule has 1 N–H and O–H groups in total. The van der Waals surface area contributed by atoms with Crippen molar-refractivity contribution < 1.29 is 9.84 Å². The Morgan fingerprint density at radius 2 is 1.77 bits per heavy atom. The van der Waals surface area contributed by atoms with Gasteiger partial charge in [-0.05, 0) is 37.0 Å². The number of phenolic OH excluding ortho intramolecular Hbond substituents is 1. The molecule has 4 nitrogen and oxygen atoms in total. The largest absolute Gasteiger partial charge is 0.508 e. The minimum Gasteiger partial charge on any atom is -0.508 e. The van der Waals surface area contributed by atoms with Crippen LogP contribution in [0.2, 0.25) is 0 Å². The highest BCUT2D eigenvalue weighted by molar-refractivity contribution is 5.51. The fourth-order valence-electron chi connectivity index (χ4n) is 4.17. The molecule has 2 fully saturated rings. The number of benzene rings is 2. The number of hydrogen-bond acceptors (Lipinski definition) is 4. The van der Waals surface area contributed by atoms with Crippen molar-refractivity contribution in [1.29, 1.82) is 0 Å². The normalized spacial score (nSPS) is 20.4. The molecule has 0 amide bonds. The first kappa shape index (κ1) is 17.4. The van der Waals surface area contributed by atoms with Crippen LogP contribution in [0.25, 0.3) is 0 Å². The van der Waals surface area contributed by atoms with E-state index in [4.69, 9.17) is 4.74 Å². The minimum absolute atomic E-state index is 0.0348. The maximum atomic E-state index is 9.77. The average molecular weight is 352 g/mol. The van der Waals surface area contributed by atoms with Crippen molar-refractivity contribution in [2.45, 2.75) is 24.9 Å². The van der Waals surface area contributed by atoms with E-state index in [1.807, 2.05) is 12.1 Å². The molecule has 2 saturated heterocycles. The minimum atomic E-state index is -0.0348. The standard InChI is InChI=1S/C22H28N2O2/c25-21-8-4-7-20(17-21)24-15-16-26-22(18-24)10-13-23(14-11-22)12-9-19-5-2-1-3-6-19/h1-8,17,25H,9-16,18H2. The van der Waals surface area contributed by atoms with Crippen LogP contribution in [0.1, 0.15) is 18.4 Å². The summed E-state index contributed by atoms with van der Waals surface area (Å²) in [7, 11) is 0. The Morgan fingerprint density at radius 1 is 0.962 bits per heavy atom. The average Bonchev–Trinajstić information content (AvgIpc) is 2.69. The summed E-state index contributed by atoms with van der Waals surface area (Å²) in [5.74, 6) is 0.332. The number of ether oxygens (including phenoxy) is 1. The number of likely N-dealkylation sites (tertiary alicyclic amines) is 1. The summed E-state index contributed by atoms with van der Waals surface area (Å²) in [5.41, 5.74) is 2.48. The summed E-state index contributed by atoms with van der Waals surface area (Å²) in [6, 6.07) is 18.3. The lowest BCUT2D eigenvalue weighted by molar-refractivity contribution is -0.0909. The number of aromatic hydroxyl groups is 1. The summed E-state index contributed by atoms with van der Waals surface area (Å²) >= 11 is 0. The molecule has 26 heavy (non-hydrogen) atoms. The summed E-state index contributed by atoms with van der Waals surface area (Å²) in [6.07, 6.45) is 3.28. The van der Waals surface area contributed by atoms with Crippen LogP contribution in [0.3, 0.4) is 0 Å². The second-order valence-corrected chi connectivity index (χ2v) is 7.55. The van der Waals surface area contributed by atoms with Crippen LogP contribution in [-0.2, 0) is 11.2 Å². The quantitative estimate of drug-likeness (QED) is 0.916. The highest BCUT2D eigenvalue weighted by Crippen LogP contribution is 2.33. The number of rotatable bonds is 4. The third-order valence-corrected chi connectivity index (χ3v) is 5.77. The van der Waals surface area contributed by atoms with E-state index in [-0.39, 0.29) is 5.60 Å². The van der Waals surface area contributed by atoms with Crippen molar-refractivity contribution in [3.63, 3.8) is 0 Å². The SMILES string of the molecule is Oc1cccc(N2CCOC3(CCN(CCc4ccccc4)CC3)C2)c1. The van der Waals surface area contributed by atoms with Gasteiger partial charge in [0.25, 0.3) is 0 Å². The first-order valence-electron chi connectivity index (χ1n) is 9.67. The predicted octanol–water partition coefficient (Wildman–Crippen LogP) is 3.31. The van der Waals surface area contributed by atoms with Crippen LogP contribution in [0.15, 0.2) is 54.6 Å². The molecule has 2 aliphatic rings. The van der Waals surface area contributed by atoms with E-state index < -0.39 is 0 Å². The Balaban J connectivity index is 1.32. The Kier molecular flexibility index (Phi) is 5.14. The maximum absolute atomic E-state index is 9.77. The van der Waals surface area contributed by atoms with Crippen LogP contribution in [0.4, 0.5) is 5.69 Å². The zero-order valence-corrected chi connectivity index (χ0v) is 15.3. The van der Waals surface area contributed by atoms with Gasteiger partial charge in [-0.2, -0.15) is 0 Å². The van der Waals surface area contributed by atoms with Crippen molar-refractivity contribution in [2.24, 2.45) is 0 Å². The summed E-state index contributed by atoms with van der Waals surface area (Å²) in [6.45, 7) is 5.89. The number of morpholine rings is 1. The molecule has 2 heterocycles. The van der Waals surface area contributed by atoms with E-state index in [0.717, 1.165) is 64.3 Å². The first-order valence-corrected chi connectivity index (χ1v) is 9.67. The number of nitrogens with zero attached hydrogens (tertiary/aromatic N) is 2. The van der Waals surface area contributed by atoms with E-state index in [1.165, 1.54) is 5.56 Å². The lowest BCUT2D eigenvalue weighted by Gasteiger charge is -2.48. The number of piperidine rings is 1. The fraction of sp³-hybridized carbons (Fsp3) is 0.455. The van der Waals surface area contributed by atoms with Crippen LogP contribution in [-0.4, -0.2) is 54.9 Å². The van der Waals surface area contributed by atoms with Gasteiger partial charge in [0.05, 0.1) is 12.2 Å². The Morgan fingerprint density at radius 3 is 2.54 bits per heavy atom. The van der Waals surface area contributed by atoms with Gasteiger partial charge >= 0.3 is 0 Å². The van der Waals surface area contributed by atoms with Gasteiger partial charge in [-0.25, -0.2) is 0 Å². The molecule has 4 rings (SSSR count). The third kappa shape index (κ3) is 4.02. The second-order valence-electron chi connectivity index (χ2n) is 7.55. The molecule has 0 aliphatic carbocycles. The van der Waals surface area contributed by atoms with Gasteiger partial charge in [-0.3, -0.25) is 0 Å². The van der Waals surface area contributed by atoms with Gasteiger partial charge in [-0.1, -0.05) is 36.4 Å². The lowest BCUT2D eigenvalue weighted by atomic mass is 9.89. The molecule has 0 radical (unpaired) electrons. The van der Waals surface area contributed by atoms with Crippen molar-refractivity contribution in [3.05, 3.63) is 60.2 Å². The van der Waals surface area contributed by atoms with Gasteiger partial charge in [0.15, 0.2) is 0 Å². The number of phenols is 1. The van der Waals surface area contributed by atoms with Crippen molar-refractivity contribution >= 4 is 5.69 Å². The smallest absolute Gasteiger partial charge is 0.117 e. The fourth-order valence-corrected chi connectivity index (χ4v) is 4.17. The van der Waals surface area contributed by atoms with Crippen molar-refractivity contribution in [2.75, 3.05) is 44.2 Å². The Bertz CT molecular complexity index is 711. The summed E-state index contributed by atoms with van der Waals surface area (Å²) < 4.78 is 6.27. The molecule has 1 spiro atoms. The molecule has 0 unspecified atom stereocenters. The molecular weight excluding hydrogens is 324 g/mol. The predicted molar refractivity (Wildman–Crippen MR) is 105 cm³/mol. The van der Waals surface area contributed by atoms with Crippen molar-refractivity contribution in [1.82, 2.24) is 4.90 Å². The number of anilines is 1. The van der Waals surface area contributed by atoms with E-state index in [9.17, 15) is 5.11 Å². The zero-order chi connectivity index (χ0) is 17.8. The molecule has 0 aromatic heterocycles. The molecule has 138 valence electrons. The van der Waals surface area contributed by atoms with Gasteiger partial charge in [-0.15, -0.1) is 0 Å². The molecule has 4 heteroatoms. The van der Waals surface area contributed by atoms with Gasteiger partial charge < -0.3 is 19.6 Å². The summed E-state index contributed by atoms with van der Waals surface area (Å²) in [5, 5.41) is 9.77. The maximum Gasteiger partial charge on any atom is 0.117 e. The highest BCUT2D eigenvalue weighted by atomic mass is 16.5. The van der Waals surface area contributed by atoms with E-state index in [2.05, 4.69) is 46.2 Å².